The van der Waals surface area contributed by atoms with Crippen molar-refractivity contribution in [3.05, 3.63) is 51.1 Å². The molecule has 0 N–H and O–H groups in total. The summed E-state index contributed by atoms with van der Waals surface area (Å²) in [6, 6.07) is 3.51. The second kappa shape index (κ2) is 3.65. The monoisotopic (exact) mass is 208 g/mol. The van der Waals surface area contributed by atoms with Crippen LogP contribution >= 0.6 is 0 Å². The lowest BCUT2D eigenvalue weighted by Crippen LogP contribution is -2.11. The fraction of sp³-hybridized carbons (Fsp3) is 0.300. The van der Waals surface area contributed by atoms with Crippen LogP contribution in [0, 0.1) is 22.5 Å². The van der Waals surface area contributed by atoms with Gasteiger partial charge in [0.15, 0.2) is 0 Å². The number of rotatable bonds is 2. The maximum atomic E-state index is 13.0. The fourth-order valence-electron chi connectivity index (χ4n) is 1.10. The van der Waals surface area contributed by atoms with Gasteiger partial charge < -0.3 is 4.85 Å². The zero-order chi connectivity index (χ0) is 11.6. The summed E-state index contributed by atoms with van der Waals surface area (Å²) in [5.41, 5.74) is -1.03. The largest absolute Gasteiger partial charge is 0.306 e. The van der Waals surface area contributed by atoms with Crippen molar-refractivity contribution in [1.82, 2.24) is 0 Å². The highest BCUT2D eigenvalue weighted by Crippen LogP contribution is 2.29. The van der Waals surface area contributed by atoms with Gasteiger partial charge in [0.25, 0.3) is 5.54 Å². The van der Waals surface area contributed by atoms with Gasteiger partial charge in [-0.3, -0.25) is 10.1 Å². The van der Waals surface area contributed by atoms with Crippen LogP contribution in [-0.4, -0.2) is 4.92 Å². The topological polar surface area (TPSA) is 47.5 Å². The second-order valence-electron chi connectivity index (χ2n) is 3.59. The van der Waals surface area contributed by atoms with E-state index in [0.717, 1.165) is 12.1 Å². The van der Waals surface area contributed by atoms with Crippen molar-refractivity contribution in [2.45, 2.75) is 19.4 Å². The van der Waals surface area contributed by atoms with Crippen molar-refractivity contribution in [1.29, 1.82) is 0 Å². The number of hydrogen-bond acceptors (Lipinski definition) is 2. The number of halogens is 1. The third-order valence-corrected chi connectivity index (χ3v) is 2.13. The van der Waals surface area contributed by atoms with Crippen LogP contribution in [0.1, 0.15) is 19.4 Å². The summed E-state index contributed by atoms with van der Waals surface area (Å²) in [5, 5.41) is 10.5. The molecule has 0 saturated carbocycles. The van der Waals surface area contributed by atoms with Crippen LogP contribution < -0.4 is 0 Å². The number of nitrogens with zero attached hydrogens (tertiary/aromatic N) is 2. The molecule has 0 atom stereocenters. The van der Waals surface area contributed by atoms with E-state index in [0.29, 0.717) is 5.56 Å². The summed E-state index contributed by atoms with van der Waals surface area (Å²) in [4.78, 5) is 13.0. The standard InChI is InChI=1S/C10H9FN2O2/c1-10(2,12-3)7-4-5-8(11)9(6-7)13(14)15/h4-6H,1-2H3. The van der Waals surface area contributed by atoms with E-state index in [2.05, 4.69) is 4.85 Å². The molecule has 0 spiro atoms. The van der Waals surface area contributed by atoms with E-state index in [1.807, 2.05) is 0 Å². The molecule has 4 nitrogen and oxygen atoms in total. The Labute approximate surface area is 86.3 Å². The van der Waals surface area contributed by atoms with Crippen molar-refractivity contribution in [2.24, 2.45) is 0 Å². The zero-order valence-electron chi connectivity index (χ0n) is 8.32. The van der Waals surface area contributed by atoms with Gasteiger partial charge in [-0.25, -0.2) is 6.57 Å². The molecule has 0 saturated heterocycles. The first-order chi connectivity index (χ1) is 6.88. The molecule has 0 aliphatic carbocycles. The average molecular weight is 208 g/mol. The predicted molar refractivity (Wildman–Crippen MR) is 52.7 cm³/mol. The number of nitro groups is 1. The molecule has 0 aliphatic rings. The van der Waals surface area contributed by atoms with Crippen LogP contribution in [0.5, 0.6) is 0 Å². The van der Waals surface area contributed by atoms with E-state index in [4.69, 9.17) is 6.57 Å². The minimum atomic E-state index is -0.885. The number of nitro benzene ring substituents is 1. The van der Waals surface area contributed by atoms with Crippen LogP contribution in [0.3, 0.4) is 0 Å². The Kier molecular flexibility index (Phi) is 2.71. The van der Waals surface area contributed by atoms with Crippen molar-refractivity contribution in [3.8, 4) is 0 Å². The SMILES string of the molecule is [C-]#[N+]C(C)(C)c1ccc(F)c([N+](=O)[O-])c1. The van der Waals surface area contributed by atoms with Crippen molar-refractivity contribution in [3.63, 3.8) is 0 Å². The summed E-state index contributed by atoms with van der Waals surface area (Å²) in [6.45, 7) is 10.2. The average Bonchev–Trinajstić information content (AvgIpc) is 2.17. The smallest absolute Gasteiger partial charge is 0.305 e. The van der Waals surface area contributed by atoms with E-state index in [9.17, 15) is 14.5 Å². The molecule has 1 aromatic rings. The van der Waals surface area contributed by atoms with Crippen molar-refractivity contribution < 1.29 is 9.31 Å². The van der Waals surface area contributed by atoms with Gasteiger partial charge in [0.05, 0.1) is 4.92 Å². The van der Waals surface area contributed by atoms with Gasteiger partial charge in [0.2, 0.25) is 5.82 Å². The highest BCUT2D eigenvalue weighted by molar-refractivity contribution is 5.40. The van der Waals surface area contributed by atoms with E-state index >= 15 is 0 Å². The highest BCUT2D eigenvalue weighted by atomic mass is 19.1. The summed E-state index contributed by atoms with van der Waals surface area (Å²) in [5.74, 6) is -0.885. The first kappa shape index (κ1) is 11.1. The molecule has 0 radical (unpaired) electrons. The van der Waals surface area contributed by atoms with Gasteiger partial charge >= 0.3 is 5.69 Å². The lowest BCUT2D eigenvalue weighted by molar-refractivity contribution is -0.387. The maximum Gasteiger partial charge on any atom is 0.305 e. The maximum absolute atomic E-state index is 13.0. The number of hydrogen-bond donors (Lipinski definition) is 0. The highest BCUT2D eigenvalue weighted by Gasteiger charge is 2.29. The Morgan fingerprint density at radius 3 is 2.60 bits per heavy atom. The molecule has 0 fully saturated rings. The van der Waals surface area contributed by atoms with Crippen LogP contribution in [0.2, 0.25) is 0 Å². The summed E-state index contributed by atoms with van der Waals surface area (Å²) >= 11 is 0. The molecule has 5 heteroatoms. The minimum absolute atomic E-state index is 0.436. The third kappa shape index (κ3) is 2.10. The van der Waals surface area contributed by atoms with Gasteiger partial charge in [0, 0.05) is 25.5 Å². The Morgan fingerprint density at radius 1 is 1.53 bits per heavy atom. The van der Waals surface area contributed by atoms with Gasteiger partial charge in [-0.15, -0.1) is 0 Å². The van der Waals surface area contributed by atoms with E-state index < -0.39 is 22.0 Å². The van der Waals surface area contributed by atoms with Gasteiger partial charge in [0.1, 0.15) is 0 Å². The Hall–Kier alpha value is -1.96. The Bertz CT molecular complexity index is 449. The Morgan fingerprint density at radius 2 is 2.13 bits per heavy atom. The van der Waals surface area contributed by atoms with Crippen molar-refractivity contribution in [2.75, 3.05) is 0 Å². The second-order valence-corrected chi connectivity index (χ2v) is 3.59. The molecule has 0 aliphatic heterocycles. The van der Waals surface area contributed by atoms with Crippen LogP contribution in [-0.2, 0) is 5.54 Å². The Balaban J connectivity index is 3.33. The normalized spacial score (nSPS) is 10.8. The lowest BCUT2D eigenvalue weighted by atomic mass is 9.95. The molecule has 0 aromatic heterocycles. The third-order valence-electron chi connectivity index (χ3n) is 2.13. The first-order valence-electron chi connectivity index (χ1n) is 4.21. The lowest BCUT2D eigenvalue weighted by Gasteiger charge is -2.10. The molecule has 78 valence electrons. The quantitative estimate of drug-likeness (QED) is 0.426. The van der Waals surface area contributed by atoms with Gasteiger partial charge in [-0.1, -0.05) is 0 Å². The molecule has 0 unspecified atom stereocenters. The number of benzene rings is 1. The molecule has 15 heavy (non-hydrogen) atoms. The molecule has 0 heterocycles. The minimum Gasteiger partial charge on any atom is -0.306 e. The van der Waals surface area contributed by atoms with Crippen molar-refractivity contribution >= 4 is 5.69 Å². The molecule has 0 amide bonds. The summed E-state index contributed by atoms with van der Waals surface area (Å²) in [6.07, 6.45) is 0. The summed E-state index contributed by atoms with van der Waals surface area (Å²) in [7, 11) is 0. The molecule has 0 bridgehead atoms. The van der Waals surface area contributed by atoms with Gasteiger partial charge in [-0.05, 0) is 12.1 Å². The predicted octanol–water partition coefficient (Wildman–Crippen LogP) is 2.89. The summed E-state index contributed by atoms with van der Waals surface area (Å²) < 4.78 is 13.0. The molecular formula is C10H9FN2O2. The van der Waals surface area contributed by atoms with Crippen LogP contribution in [0.25, 0.3) is 4.85 Å². The zero-order valence-corrected chi connectivity index (χ0v) is 8.32. The van der Waals surface area contributed by atoms with Crippen LogP contribution in [0.15, 0.2) is 18.2 Å². The van der Waals surface area contributed by atoms with Crippen LogP contribution in [0.4, 0.5) is 10.1 Å². The van der Waals surface area contributed by atoms with Gasteiger partial charge in [-0.2, -0.15) is 4.39 Å². The molecule has 1 rings (SSSR count). The fourth-order valence-corrected chi connectivity index (χ4v) is 1.10. The van der Waals surface area contributed by atoms with E-state index in [1.54, 1.807) is 13.8 Å². The first-order valence-corrected chi connectivity index (χ1v) is 4.21. The molecular weight excluding hydrogens is 199 g/mol. The van der Waals surface area contributed by atoms with E-state index in [1.165, 1.54) is 6.07 Å². The molecule has 1 aromatic carbocycles. The van der Waals surface area contributed by atoms with E-state index in [-0.39, 0.29) is 0 Å².